The minimum absolute atomic E-state index is 0.187. The van der Waals surface area contributed by atoms with Crippen LogP contribution in [0, 0.1) is 0 Å². The van der Waals surface area contributed by atoms with E-state index in [1.165, 1.54) is 6.07 Å². The number of para-hydroxylation sites is 2. The van der Waals surface area contributed by atoms with Crippen LogP contribution in [0.1, 0.15) is 25.7 Å². The summed E-state index contributed by atoms with van der Waals surface area (Å²) in [5.41, 5.74) is 6.51. The second-order valence-corrected chi connectivity index (χ2v) is 4.64. The van der Waals surface area contributed by atoms with E-state index in [1.807, 2.05) is 0 Å². The van der Waals surface area contributed by atoms with Gasteiger partial charge in [-0.1, -0.05) is 12.1 Å². The molecule has 5 heteroatoms. The highest BCUT2D eigenvalue weighted by atomic mass is 19.3. The largest absolute Gasteiger partial charge is 0.433 e. The standard InChI is InChI=1S/C13H18F2N2O/c14-13(15)18-12-7-2-1-6-11(12)17-10-5-3-4-9(16)8-10/h1-2,6-7,9-10,13,17H,3-5,8,16H2. The van der Waals surface area contributed by atoms with Crippen molar-refractivity contribution in [2.24, 2.45) is 5.73 Å². The van der Waals surface area contributed by atoms with Crippen LogP contribution in [0.15, 0.2) is 24.3 Å². The molecule has 1 saturated carbocycles. The maximum atomic E-state index is 12.3. The fraction of sp³-hybridized carbons (Fsp3) is 0.538. The molecule has 1 aliphatic rings. The molecule has 0 saturated heterocycles. The van der Waals surface area contributed by atoms with E-state index in [0.29, 0.717) is 5.69 Å². The average Bonchev–Trinajstić information content (AvgIpc) is 2.31. The van der Waals surface area contributed by atoms with Gasteiger partial charge in [-0.25, -0.2) is 0 Å². The Morgan fingerprint density at radius 3 is 2.78 bits per heavy atom. The van der Waals surface area contributed by atoms with Crippen molar-refractivity contribution < 1.29 is 13.5 Å². The molecule has 0 heterocycles. The topological polar surface area (TPSA) is 47.3 Å². The van der Waals surface area contributed by atoms with Gasteiger partial charge in [0.1, 0.15) is 5.75 Å². The minimum atomic E-state index is -2.80. The van der Waals surface area contributed by atoms with E-state index in [1.54, 1.807) is 18.2 Å². The second kappa shape index (κ2) is 6.00. The lowest BCUT2D eigenvalue weighted by Gasteiger charge is -2.28. The fourth-order valence-electron chi connectivity index (χ4n) is 2.36. The Labute approximate surface area is 105 Å². The van der Waals surface area contributed by atoms with Crippen LogP contribution in [-0.4, -0.2) is 18.7 Å². The Morgan fingerprint density at radius 2 is 2.06 bits per heavy atom. The zero-order valence-electron chi connectivity index (χ0n) is 10.1. The van der Waals surface area contributed by atoms with Gasteiger partial charge in [0.25, 0.3) is 0 Å². The first-order chi connectivity index (χ1) is 8.65. The average molecular weight is 256 g/mol. The zero-order chi connectivity index (χ0) is 13.0. The molecule has 1 aromatic carbocycles. The summed E-state index contributed by atoms with van der Waals surface area (Å²) < 4.78 is 29.0. The quantitative estimate of drug-likeness (QED) is 0.870. The van der Waals surface area contributed by atoms with Gasteiger partial charge in [-0.3, -0.25) is 0 Å². The highest BCUT2D eigenvalue weighted by molar-refractivity contribution is 5.56. The van der Waals surface area contributed by atoms with Gasteiger partial charge in [0.15, 0.2) is 0 Å². The molecule has 3 N–H and O–H groups in total. The van der Waals surface area contributed by atoms with Gasteiger partial charge in [-0.05, 0) is 37.8 Å². The van der Waals surface area contributed by atoms with Gasteiger partial charge >= 0.3 is 6.61 Å². The molecule has 0 amide bonds. The third-order valence-corrected chi connectivity index (χ3v) is 3.18. The molecule has 0 radical (unpaired) electrons. The van der Waals surface area contributed by atoms with E-state index in [4.69, 9.17) is 5.73 Å². The highest BCUT2D eigenvalue weighted by Crippen LogP contribution is 2.29. The summed E-state index contributed by atoms with van der Waals surface area (Å²) in [4.78, 5) is 0. The molecule has 0 aliphatic heterocycles. The van der Waals surface area contributed by atoms with Crippen LogP contribution in [-0.2, 0) is 0 Å². The lowest BCUT2D eigenvalue weighted by molar-refractivity contribution is -0.0494. The molecule has 100 valence electrons. The number of benzene rings is 1. The molecule has 2 rings (SSSR count). The number of hydrogen-bond acceptors (Lipinski definition) is 3. The minimum Gasteiger partial charge on any atom is -0.433 e. The van der Waals surface area contributed by atoms with Crippen LogP contribution >= 0.6 is 0 Å². The molecule has 0 aromatic heterocycles. The third-order valence-electron chi connectivity index (χ3n) is 3.18. The monoisotopic (exact) mass is 256 g/mol. The summed E-state index contributed by atoms with van der Waals surface area (Å²) in [6, 6.07) is 7.18. The van der Waals surface area contributed by atoms with E-state index in [0.717, 1.165) is 25.7 Å². The van der Waals surface area contributed by atoms with Crippen LogP contribution in [0.25, 0.3) is 0 Å². The van der Waals surface area contributed by atoms with Crippen molar-refractivity contribution in [2.75, 3.05) is 5.32 Å². The SMILES string of the molecule is NC1CCCC(Nc2ccccc2OC(F)F)C1. The van der Waals surface area contributed by atoms with Gasteiger partial charge in [0.2, 0.25) is 0 Å². The molecule has 2 atom stereocenters. The number of anilines is 1. The van der Waals surface area contributed by atoms with Crippen molar-refractivity contribution in [1.82, 2.24) is 0 Å². The number of nitrogens with one attached hydrogen (secondary N) is 1. The maximum Gasteiger partial charge on any atom is 0.387 e. The molecule has 18 heavy (non-hydrogen) atoms. The maximum absolute atomic E-state index is 12.3. The number of alkyl halides is 2. The Bertz CT molecular complexity index is 387. The molecular formula is C13H18F2N2O. The van der Waals surface area contributed by atoms with Crippen molar-refractivity contribution in [2.45, 2.75) is 44.4 Å². The number of ether oxygens (including phenoxy) is 1. The smallest absolute Gasteiger partial charge is 0.387 e. The zero-order valence-corrected chi connectivity index (χ0v) is 10.1. The van der Waals surface area contributed by atoms with Crippen molar-refractivity contribution in [1.29, 1.82) is 0 Å². The number of hydrogen-bond donors (Lipinski definition) is 2. The Balaban J connectivity index is 2.03. The van der Waals surface area contributed by atoms with E-state index in [2.05, 4.69) is 10.1 Å². The summed E-state index contributed by atoms with van der Waals surface area (Å²) in [6.45, 7) is -2.80. The molecule has 1 fully saturated rings. The molecule has 0 spiro atoms. The van der Waals surface area contributed by atoms with Gasteiger partial charge in [-0.15, -0.1) is 0 Å². The van der Waals surface area contributed by atoms with Crippen LogP contribution in [0.5, 0.6) is 5.75 Å². The Kier molecular flexibility index (Phi) is 4.36. The van der Waals surface area contributed by atoms with Crippen molar-refractivity contribution >= 4 is 5.69 Å². The molecule has 2 unspecified atom stereocenters. The predicted octanol–water partition coefficient (Wildman–Crippen LogP) is 2.97. The summed E-state index contributed by atoms with van der Waals surface area (Å²) in [5.74, 6) is 0.187. The van der Waals surface area contributed by atoms with Crippen molar-refractivity contribution in [3.8, 4) is 5.75 Å². The van der Waals surface area contributed by atoms with E-state index >= 15 is 0 Å². The molecule has 3 nitrogen and oxygen atoms in total. The van der Waals surface area contributed by atoms with Crippen LogP contribution in [0.2, 0.25) is 0 Å². The molecule has 1 aromatic rings. The molecule has 1 aliphatic carbocycles. The van der Waals surface area contributed by atoms with Crippen LogP contribution < -0.4 is 15.8 Å². The highest BCUT2D eigenvalue weighted by Gasteiger charge is 2.20. The first kappa shape index (κ1) is 13.1. The Hall–Kier alpha value is -1.36. The summed E-state index contributed by atoms with van der Waals surface area (Å²) in [6.07, 6.45) is 3.98. The fourth-order valence-corrected chi connectivity index (χ4v) is 2.36. The number of rotatable bonds is 4. The van der Waals surface area contributed by atoms with Crippen LogP contribution in [0.3, 0.4) is 0 Å². The first-order valence-electron chi connectivity index (χ1n) is 6.21. The molecule has 0 bridgehead atoms. The van der Waals surface area contributed by atoms with Gasteiger partial charge in [0, 0.05) is 12.1 Å². The molecular weight excluding hydrogens is 238 g/mol. The second-order valence-electron chi connectivity index (χ2n) is 4.64. The summed E-state index contributed by atoms with van der Waals surface area (Å²) in [7, 11) is 0. The third kappa shape index (κ3) is 3.57. The van der Waals surface area contributed by atoms with E-state index < -0.39 is 6.61 Å². The normalized spacial score (nSPS) is 24.0. The number of nitrogens with two attached hydrogens (primary N) is 1. The van der Waals surface area contributed by atoms with Gasteiger partial charge < -0.3 is 15.8 Å². The predicted molar refractivity (Wildman–Crippen MR) is 66.9 cm³/mol. The van der Waals surface area contributed by atoms with Crippen LogP contribution in [0.4, 0.5) is 14.5 Å². The summed E-state index contributed by atoms with van der Waals surface area (Å²) >= 11 is 0. The van der Waals surface area contributed by atoms with Gasteiger partial charge in [0.05, 0.1) is 5.69 Å². The van der Waals surface area contributed by atoms with Crippen molar-refractivity contribution in [3.05, 3.63) is 24.3 Å². The van der Waals surface area contributed by atoms with E-state index in [-0.39, 0.29) is 17.8 Å². The van der Waals surface area contributed by atoms with Crippen molar-refractivity contribution in [3.63, 3.8) is 0 Å². The lowest BCUT2D eigenvalue weighted by atomic mass is 9.91. The van der Waals surface area contributed by atoms with Gasteiger partial charge in [-0.2, -0.15) is 8.78 Å². The summed E-state index contributed by atoms with van der Waals surface area (Å²) in [5, 5.41) is 3.25. The Morgan fingerprint density at radius 1 is 1.28 bits per heavy atom. The number of halogens is 2. The lowest BCUT2D eigenvalue weighted by Crippen LogP contribution is -2.35. The van der Waals surface area contributed by atoms with E-state index in [9.17, 15) is 8.78 Å². The first-order valence-corrected chi connectivity index (χ1v) is 6.21.